The number of piperazine rings is 1. The molecule has 1 aromatic heterocycles. The van der Waals surface area contributed by atoms with Crippen LogP contribution in [0.5, 0.6) is 5.88 Å². The molecule has 6 nitrogen and oxygen atoms in total. The molecule has 3 heterocycles. The summed E-state index contributed by atoms with van der Waals surface area (Å²) in [6.07, 6.45) is 6.65. The van der Waals surface area contributed by atoms with Crippen molar-refractivity contribution < 1.29 is 4.74 Å². The summed E-state index contributed by atoms with van der Waals surface area (Å²) < 4.78 is 6.15. The zero-order chi connectivity index (χ0) is 17.5. The first kappa shape index (κ1) is 18.1. The first-order valence-electron chi connectivity index (χ1n) is 9.52. The minimum absolute atomic E-state index is 0.153. The zero-order valence-electron chi connectivity index (χ0n) is 15.4. The quantitative estimate of drug-likeness (QED) is 0.672. The van der Waals surface area contributed by atoms with Gasteiger partial charge in [0.25, 0.3) is 0 Å². The van der Waals surface area contributed by atoms with E-state index in [0.717, 1.165) is 51.4 Å². The molecule has 6 heteroatoms. The largest absolute Gasteiger partial charge is 0.472 e. The van der Waals surface area contributed by atoms with Crippen molar-refractivity contribution in [1.29, 1.82) is 0 Å². The van der Waals surface area contributed by atoms with Crippen LogP contribution in [-0.4, -0.2) is 79.0 Å². The average Bonchev–Trinajstić information content (AvgIpc) is 3.14. The summed E-state index contributed by atoms with van der Waals surface area (Å²) in [5, 5.41) is 8.71. The fourth-order valence-corrected chi connectivity index (χ4v) is 3.50. The maximum atomic E-state index is 6.15. The van der Waals surface area contributed by atoms with Gasteiger partial charge < -0.3 is 14.5 Å². The van der Waals surface area contributed by atoms with Gasteiger partial charge in [-0.3, -0.25) is 4.90 Å². The topological polar surface area (TPSA) is 44.7 Å². The second kappa shape index (κ2) is 9.15. The van der Waals surface area contributed by atoms with Crippen LogP contribution in [0, 0.1) is 0 Å². The second-order valence-electron chi connectivity index (χ2n) is 7.13. The van der Waals surface area contributed by atoms with Gasteiger partial charge >= 0.3 is 0 Å². The summed E-state index contributed by atoms with van der Waals surface area (Å²) in [6, 6.07) is 4.00. The van der Waals surface area contributed by atoms with Gasteiger partial charge in [-0.1, -0.05) is 6.08 Å². The summed E-state index contributed by atoms with van der Waals surface area (Å²) in [7, 11) is 2.16. The molecule has 2 aliphatic rings. The third kappa shape index (κ3) is 5.41. The zero-order valence-corrected chi connectivity index (χ0v) is 15.4. The van der Waals surface area contributed by atoms with Gasteiger partial charge in [-0.2, -0.15) is 0 Å². The minimum Gasteiger partial charge on any atom is -0.472 e. The molecule has 138 valence electrons. The van der Waals surface area contributed by atoms with E-state index in [2.05, 4.69) is 38.5 Å². The minimum atomic E-state index is 0.153. The lowest BCUT2D eigenvalue weighted by molar-refractivity contribution is 0.133. The van der Waals surface area contributed by atoms with Gasteiger partial charge in [-0.25, -0.2) is 0 Å². The number of hydrogen-bond donors (Lipinski definition) is 0. The van der Waals surface area contributed by atoms with Crippen LogP contribution in [0.25, 0.3) is 0 Å². The van der Waals surface area contributed by atoms with Crippen molar-refractivity contribution in [3.8, 4) is 5.88 Å². The Hall–Kier alpha value is -1.66. The molecule has 2 aliphatic heterocycles. The van der Waals surface area contributed by atoms with Gasteiger partial charge in [0, 0.05) is 38.8 Å². The molecule has 0 N–H and O–H groups in total. The number of anilines is 1. The van der Waals surface area contributed by atoms with Crippen molar-refractivity contribution in [2.45, 2.75) is 31.8 Å². The molecule has 0 aliphatic carbocycles. The summed E-state index contributed by atoms with van der Waals surface area (Å²) in [4.78, 5) is 7.11. The Labute approximate surface area is 151 Å². The van der Waals surface area contributed by atoms with E-state index < -0.39 is 0 Å². The molecule has 1 atom stereocenters. The van der Waals surface area contributed by atoms with Gasteiger partial charge in [0.2, 0.25) is 5.88 Å². The molecule has 0 spiro atoms. The van der Waals surface area contributed by atoms with Crippen molar-refractivity contribution in [3.05, 3.63) is 24.8 Å². The molecule has 2 saturated heterocycles. The van der Waals surface area contributed by atoms with Crippen LogP contribution in [0.2, 0.25) is 0 Å². The number of likely N-dealkylation sites (N-methyl/N-ethyl adjacent to an activating group) is 1. The monoisotopic (exact) mass is 345 g/mol. The lowest BCUT2D eigenvalue weighted by atomic mass is 10.2. The lowest BCUT2D eigenvalue weighted by Gasteiger charge is -2.32. The molecule has 3 rings (SSSR count). The van der Waals surface area contributed by atoms with E-state index in [9.17, 15) is 0 Å². The fraction of sp³-hybridized carbons (Fsp3) is 0.684. The van der Waals surface area contributed by atoms with Crippen molar-refractivity contribution in [1.82, 2.24) is 20.0 Å². The van der Waals surface area contributed by atoms with E-state index in [1.807, 2.05) is 18.2 Å². The fourth-order valence-electron chi connectivity index (χ4n) is 3.50. The van der Waals surface area contributed by atoms with Crippen LogP contribution in [0.3, 0.4) is 0 Å². The van der Waals surface area contributed by atoms with Crippen LogP contribution < -0.4 is 9.64 Å². The van der Waals surface area contributed by atoms with Crippen molar-refractivity contribution in [2.24, 2.45) is 0 Å². The van der Waals surface area contributed by atoms with Crippen LogP contribution >= 0.6 is 0 Å². The predicted octanol–water partition coefficient (Wildman–Crippen LogP) is 2.04. The molecule has 0 radical (unpaired) electrons. The van der Waals surface area contributed by atoms with Crippen LogP contribution in [0.15, 0.2) is 24.8 Å². The Morgan fingerprint density at radius 2 is 1.88 bits per heavy atom. The number of hydrogen-bond acceptors (Lipinski definition) is 6. The van der Waals surface area contributed by atoms with E-state index in [1.54, 1.807) is 0 Å². The van der Waals surface area contributed by atoms with E-state index in [4.69, 9.17) is 4.74 Å². The molecule has 0 aromatic carbocycles. The lowest BCUT2D eigenvalue weighted by Crippen LogP contribution is -2.44. The maximum absolute atomic E-state index is 6.15. The standard InChI is InChI=1S/C19H31N5O/c1-3-4-7-17(16-23-10-5-6-11-23)25-19-9-8-18(20-21-19)24-14-12-22(2)13-15-24/h3,8-9,17H,1,4-7,10-16H2,2H3/t17-/m1/s1. The molecule has 1 aromatic rings. The van der Waals surface area contributed by atoms with E-state index >= 15 is 0 Å². The summed E-state index contributed by atoms with van der Waals surface area (Å²) >= 11 is 0. The maximum Gasteiger partial charge on any atom is 0.233 e. The first-order valence-corrected chi connectivity index (χ1v) is 9.52. The molecule has 0 amide bonds. The second-order valence-corrected chi connectivity index (χ2v) is 7.13. The van der Waals surface area contributed by atoms with Gasteiger partial charge in [-0.15, -0.1) is 16.8 Å². The number of aromatic nitrogens is 2. The Morgan fingerprint density at radius 3 is 2.52 bits per heavy atom. The molecule has 0 saturated carbocycles. The van der Waals surface area contributed by atoms with E-state index in [1.165, 1.54) is 25.9 Å². The highest BCUT2D eigenvalue weighted by molar-refractivity contribution is 5.38. The summed E-state index contributed by atoms with van der Waals surface area (Å²) in [6.45, 7) is 11.3. The van der Waals surface area contributed by atoms with Gasteiger partial charge in [-0.05, 0) is 51.9 Å². The average molecular weight is 345 g/mol. The van der Waals surface area contributed by atoms with Crippen LogP contribution in [0.1, 0.15) is 25.7 Å². The summed E-state index contributed by atoms with van der Waals surface area (Å²) in [5.74, 6) is 1.58. The van der Waals surface area contributed by atoms with Gasteiger partial charge in [0.15, 0.2) is 5.82 Å². The molecule has 25 heavy (non-hydrogen) atoms. The number of rotatable bonds is 8. The highest BCUT2D eigenvalue weighted by atomic mass is 16.5. The molecule has 2 fully saturated rings. The third-order valence-electron chi connectivity index (χ3n) is 5.09. The molecular formula is C19H31N5O. The Morgan fingerprint density at radius 1 is 1.12 bits per heavy atom. The first-order chi connectivity index (χ1) is 12.2. The smallest absolute Gasteiger partial charge is 0.233 e. The van der Waals surface area contributed by atoms with Crippen molar-refractivity contribution >= 4 is 5.82 Å². The number of likely N-dealkylation sites (tertiary alicyclic amines) is 1. The highest BCUT2D eigenvalue weighted by Gasteiger charge is 2.20. The number of allylic oxidation sites excluding steroid dienone is 1. The molecular weight excluding hydrogens is 314 g/mol. The van der Waals surface area contributed by atoms with Gasteiger partial charge in [0.05, 0.1) is 0 Å². The Bertz CT molecular complexity index is 521. The number of ether oxygens (including phenoxy) is 1. The van der Waals surface area contributed by atoms with E-state index in [0.29, 0.717) is 5.88 Å². The SMILES string of the molecule is C=CCC[C@H](CN1CCCC1)Oc1ccc(N2CCN(C)CC2)nn1. The summed E-state index contributed by atoms with van der Waals surface area (Å²) in [5.41, 5.74) is 0. The number of nitrogens with zero attached hydrogens (tertiary/aromatic N) is 5. The van der Waals surface area contributed by atoms with Crippen LogP contribution in [-0.2, 0) is 0 Å². The van der Waals surface area contributed by atoms with Crippen LogP contribution in [0.4, 0.5) is 5.82 Å². The van der Waals surface area contributed by atoms with Crippen molar-refractivity contribution in [2.75, 3.05) is 57.8 Å². The molecule has 0 unspecified atom stereocenters. The molecule has 0 bridgehead atoms. The van der Waals surface area contributed by atoms with E-state index in [-0.39, 0.29) is 6.10 Å². The third-order valence-corrected chi connectivity index (χ3v) is 5.09. The van der Waals surface area contributed by atoms with Crippen molar-refractivity contribution in [3.63, 3.8) is 0 Å². The highest BCUT2D eigenvalue weighted by Crippen LogP contribution is 2.18. The normalized spacial score (nSPS) is 20.6. The van der Waals surface area contributed by atoms with Gasteiger partial charge in [0.1, 0.15) is 6.10 Å². The predicted molar refractivity (Wildman–Crippen MR) is 101 cm³/mol. The Kier molecular flexibility index (Phi) is 6.64. The Balaban J connectivity index is 1.56.